The van der Waals surface area contributed by atoms with Gasteiger partial charge < -0.3 is 9.47 Å². The van der Waals surface area contributed by atoms with Crippen LogP contribution in [0.4, 0.5) is 0 Å². The SMILES string of the molecule is O=C(Cc1ccc(Cl)cc1)N1CCN(CCn2ccnc2)CC1. The molecule has 0 spiro atoms. The number of hydrogen-bond acceptors (Lipinski definition) is 3. The molecule has 0 N–H and O–H groups in total. The molecular weight excluding hydrogens is 312 g/mol. The zero-order valence-corrected chi connectivity index (χ0v) is 13.8. The number of amides is 1. The molecule has 2 heterocycles. The minimum Gasteiger partial charge on any atom is -0.340 e. The first-order chi connectivity index (χ1) is 11.2. The molecule has 1 aromatic carbocycles. The van der Waals surface area contributed by atoms with Crippen LogP contribution < -0.4 is 0 Å². The maximum absolute atomic E-state index is 12.4. The Kier molecular flexibility index (Phi) is 5.31. The maximum Gasteiger partial charge on any atom is 0.227 e. The molecule has 122 valence electrons. The summed E-state index contributed by atoms with van der Waals surface area (Å²) in [7, 11) is 0. The van der Waals surface area contributed by atoms with Gasteiger partial charge in [0, 0.05) is 56.7 Å². The van der Waals surface area contributed by atoms with Crippen molar-refractivity contribution < 1.29 is 4.79 Å². The van der Waals surface area contributed by atoms with Crippen molar-refractivity contribution in [2.75, 3.05) is 32.7 Å². The Morgan fingerprint density at radius 3 is 2.48 bits per heavy atom. The molecule has 3 rings (SSSR count). The molecule has 0 atom stereocenters. The van der Waals surface area contributed by atoms with Gasteiger partial charge in [0.2, 0.25) is 5.91 Å². The van der Waals surface area contributed by atoms with Gasteiger partial charge in [0.15, 0.2) is 0 Å². The Hall–Kier alpha value is -1.85. The summed E-state index contributed by atoms with van der Waals surface area (Å²) >= 11 is 5.87. The van der Waals surface area contributed by atoms with Crippen LogP contribution in [0.1, 0.15) is 5.56 Å². The molecule has 1 aliphatic heterocycles. The van der Waals surface area contributed by atoms with Crippen molar-refractivity contribution in [3.63, 3.8) is 0 Å². The van der Waals surface area contributed by atoms with Gasteiger partial charge >= 0.3 is 0 Å². The van der Waals surface area contributed by atoms with E-state index >= 15 is 0 Å². The molecule has 5 nitrogen and oxygen atoms in total. The summed E-state index contributed by atoms with van der Waals surface area (Å²) in [5.41, 5.74) is 1.02. The fourth-order valence-corrected chi connectivity index (χ4v) is 2.91. The summed E-state index contributed by atoms with van der Waals surface area (Å²) in [6.45, 7) is 5.41. The number of nitrogens with zero attached hydrogens (tertiary/aromatic N) is 4. The van der Waals surface area contributed by atoms with Gasteiger partial charge in [0.05, 0.1) is 12.7 Å². The fourth-order valence-electron chi connectivity index (χ4n) is 2.79. The summed E-state index contributed by atoms with van der Waals surface area (Å²) in [5, 5.41) is 0.702. The minimum atomic E-state index is 0.196. The van der Waals surface area contributed by atoms with Crippen molar-refractivity contribution in [3.8, 4) is 0 Å². The third-order valence-electron chi connectivity index (χ3n) is 4.23. The van der Waals surface area contributed by atoms with E-state index in [1.54, 1.807) is 6.20 Å². The first-order valence-corrected chi connectivity index (χ1v) is 8.29. The molecule has 0 aliphatic carbocycles. The minimum absolute atomic E-state index is 0.196. The van der Waals surface area contributed by atoms with Crippen LogP contribution in [0.3, 0.4) is 0 Å². The summed E-state index contributed by atoms with van der Waals surface area (Å²) in [6, 6.07) is 7.50. The number of piperazine rings is 1. The number of imidazole rings is 1. The van der Waals surface area contributed by atoms with Crippen molar-refractivity contribution >= 4 is 17.5 Å². The van der Waals surface area contributed by atoms with E-state index in [0.717, 1.165) is 44.8 Å². The molecule has 1 fully saturated rings. The number of hydrogen-bond donors (Lipinski definition) is 0. The zero-order chi connectivity index (χ0) is 16.1. The van der Waals surface area contributed by atoms with Crippen LogP contribution in [0.25, 0.3) is 0 Å². The third kappa shape index (κ3) is 4.56. The lowest BCUT2D eigenvalue weighted by Crippen LogP contribution is -2.49. The van der Waals surface area contributed by atoms with Crippen molar-refractivity contribution in [1.29, 1.82) is 0 Å². The van der Waals surface area contributed by atoms with Crippen molar-refractivity contribution in [2.45, 2.75) is 13.0 Å². The molecule has 1 aromatic heterocycles. The highest BCUT2D eigenvalue weighted by Crippen LogP contribution is 2.12. The van der Waals surface area contributed by atoms with Crippen molar-refractivity contribution in [2.24, 2.45) is 0 Å². The summed E-state index contributed by atoms with van der Waals surface area (Å²) < 4.78 is 2.08. The number of aromatic nitrogens is 2. The van der Waals surface area contributed by atoms with Gasteiger partial charge in [-0.15, -0.1) is 0 Å². The normalized spacial score (nSPS) is 15.8. The highest BCUT2D eigenvalue weighted by atomic mass is 35.5. The van der Waals surface area contributed by atoms with Gasteiger partial charge in [-0.05, 0) is 17.7 Å². The van der Waals surface area contributed by atoms with Crippen LogP contribution in [0.15, 0.2) is 43.0 Å². The largest absolute Gasteiger partial charge is 0.340 e. The van der Waals surface area contributed by atoms with Crippen LogP contribution in [0, 0.1) is 0 Å². The lowest BCUT2D eigenvalue weighted by molar-refractivity contribution is -0.132. The Balaban J connectivity index is 1.42. The van der Waals surface area contributed by atoms with Gasteiger partial charge in [-0.2, -0.15) is 0 Å². The molecule has 1 aliphatic rings. The Morgan fingerprint density at radius 1 is 1.09 bits per heavy atom. The van der Waals surface area contributed by atoms with Crippen LogP contribution in [0.5, 0.6) is 0 Å². The van der Waals surface area contributed by atoms with Gasteiger partial charge in [0.1, 0.15) is 0 Å². The number of carbonyl (C=O) groups excluding carboxylic acids is 1. The molecule has 6 heteroatoms. The van der Waals surface area contributed by atoms with E-state index in [9.17, 15) is 4.79 Å². The summed E-state index contributed by atoms with van der Waals surface area (Å²) in [5.74, 6) is 0.196. The first-order valence-electron chi connectivity index (χ1n) is 7.91. The maximum atomic E-state index is 12.4. The van der Waals surface area contributed by atoms with Gasteiger partial charge in [0.25, 0.3) is 0 Å². The predicted molar refractivity (Wildman–Crippen MR) is 90.4 cm³/mol. The highest BCUT2D eigenvalue weighted by Gasteiger charge is 2.20. The van der Waals surface area contributed by atoms with E-state index in [0.29, 0.717) is 11.4 Å². The predicted octanol–water partition coefficient (Wildman–Crippen LogP) is 1.92. The van der Waals surface area contributed by atoms with Gasteiger partial charge in [-0.1, -0.05) is 23.7 Å². The monoisotopic (exact) mass is 332 g/mol. The standard InChI is InChI=1S/C17H21ClN4O/c18-16-3-1-15(2-4-16)13-17(23)22-11-9-20(10-12-22)7-8-21-6-5-19-14-21/h1-6,14H,7-13H2. The Labute approximate surface area is 141 Å². The quantitative estimate of drug-likeness (QED) is 0.840. The van der Waals surface area contributed by atoms with Crippen LogP contribution >= 0.6 is 11.6 Å². The molecule has 0 bridgehead atoms. The molecule has 1 amide bonds. The van der Waals surface area contributed by atoms with E-state index in [4.69, 9.17) is 11.6 Å². The van der Waals surface area contributed by atoms with Crippen molar-refractivity contribution in [1.82, 2.24) is 19.4 Å². The van der Waals surface area contributed by atoms with E-state index in [2.05, 4.69) is 14.5 Å². The second kappa shape index (κ2) is 7.62. The van der Waals surface area contributed by atoms with Crippen molar-refractivity contribution in [3.05, 3.63) is 53.6 Å². The molecule has 2 aromatic rings. The average molecular weight is 333 g/mol. The van der Waals surface area contributed by atoms with E-state index < -0.39 is 0 Å². The van der Waals surface area contributed by atoms with E-state index in [-0.39, 0.29) is 5.91 Å². The Bertz CT molecular complexity index is 619. The lowest BCUT2D eigenvalue weighted by Gasteiger charge is -2.34. The van der Waals surface area contributed by atoms with Gasteiger partial charge in [-0.25, -0.2) is 4.98 Å². The Morgan fingerprint density at radius 2 is 1.83 bits per heavy atom. The second-order valence-corrected chi connectivity index (χ2v) is 6.26. The summed E-state index contributed by atoms with van der Waals surface area (Å²) in [4.78, 5) is 20.8. The fraction of sp³-hybridized carbons (Fsp3) is 0.412. The molecule has 0 radical (unpaired) electrons. The lowest BCUT2D eigenvalue weighted by atomic mass is 10.1. The number of rotatable bonds is 5. The van der Waals surface area contributed by atoms with E-state index in [1.807, 2.05) is 41.7 Å². The highest BCUT2D eigenvalue weighted by molar-refractivity contribution is 6.30. The number of carbonyl (C=O) groups is 1. The second-order valence-electron chi connectivity index (χ2n) is 5.83. The average Bonchev–Trinajstić information content (AvgIpc) is 3.09. The van der Waals surface area contributed by atoms with Crippen LogP contribution in [-0.4, -0.2) is 58.0 Å². The van der Waals surface area contributed by atoms with Crippen LogP contribution in [-0.2, 0) is 17.8 Å². The molecule has 0 saturated carbocycles. The summed E-state index contributed by atoms with van der Waals surface area (Å²) in [6.07, 6.45) is 6.07. The van der Waals surface area contributed by atoms with Crippen LogP contribution in [0.2, 0.25) is 5.02 Å². The molecule has 23 heavy (non-hydrogen) atoms. The zero-order valence-electron chi connectivity index (χ0n) is 13.1. The third-order valence-corrected chi connectivity index (χ3v) is 4.48. The molecular formula is C17H21ClN4O. The number of benzene rings is 1. The van der Waals surface area contributed by atoms with E-state index in [1.165, 1.54) is 0 Å². The topological polar surface area (TPSA) is 41.4 Å². The molecule has 1 saturated heterocycles. The first kappa shape index (κ1) is 16.0. The van der Waals surface area contributed by atoms with Gasteiger partial charge in [-0.3, -0.25) is 9.69 Å². The number of halogens is 1. The molecule has 0 unspecified atom stereocenters. The smallest absolute Gasteiger partial charge is 0.227 e.